The Balaban J connectivity index is 1.32. The molecule has 0 aliphatic carbocycles. The summed E-state index contributed by atoms with van der Waals surface area (Å²) in [5.74, 6) is 1.42. The van der Waals surface area contributed by atoms with E-state index in [9.17, 15) is 9.90 Å². The zero-order chi connectivity index (χ0) is 24.6. The van der Waals surface area contributed by atoms with Crippen LogP contribution in [0, 0.1) is 0 Å². The molecule has 1 fully saturated rings. The maximum atomic E-state index is 13.3. The van der Waals surface area contributed by atoms with Gasteiger partial charge in [-0.2, -0.15) is 0 Å². The summed E-state index contributed by atoms with van der Waals surface area (Å²) in [6.45, 7) is 0.583. The minimum atomic E-state index is -0.993. The van der Waals surface area contributed by atoms with Crippen molar-refractivity contribution in [3.05, 3.63) is 71.0 Å². The molecule has 5 rings (SSSR count). The van der Waals surface area contributed by atoms with Crippen molar-refractivity contribution in [2.75, 3.05) is 33.4 Å². The van der Waals surface area contributed by atoms with Gasteiger partial charge in [-0.1, -0.05) is 11.6 Å². The number of nitrogens with zero attached hydrogens (tertiary/aromatic N) is 2. The van der Waals surface area contributed by atoms with Crippen LogP contribution in [-0.2, 0) is 5.60 Å². The number of amides is 1. The molecule has 9 heteroatoms. The first kappa shape index (κ1) is 23.5. The first-order chi connectivity index (χ1) is 16.9. The van der Waals surface area contributed by atoms with Gasteiger partial charge in [0, 0.05) is 48.8 Å². The number of aliphatic hydroxyl groups is 2. The lowest BCUT2D eigenvalue weighted by atomic mass is 9.86. The molecular formula is C26H27ClN2O6. The number of aliphatic hydroxyl groups excluding tert-OH is 2. The van der Waals surface area contributed by atoms with E-state index in [0.717, 1.165) is 17.1 Å². The Kier molecular flexibility index (Phi) is 6.35. The van der Waals surface area contributed by atoms with Crippen molar-refractivity contribution in [1.82, 2.24) is 9.47 Å². The van der Waals surface area contributed by atoms with E-state index in [0.29, 0.717) is 48.0 Å². The number of fused-ring (bicyclic) bond motifs is 4. The smallest absolute Gasteiger partial charge is 0.253 e. The van der Waals surface area contributed by atoms with E-state index in [1.54, 1.807) is 18.2 Å². The lowest BCUT2D eigenvalue weighted by Gasteiger charge is -2.45. The second kappa shape index (κ2) is 9.45. The summed E-state index contributed by atoms with van der Waals surface area (Å²) in [6.07, 6.45) is 2.32. The number of piperidine rings is 1. The number of ether oxygens (including phenoxy) is 3. The van der Waals surface area contributed by atoms with Crippen LogP contribution in [0.5, 0.6) is 17.2 Å². The number of aromatic nitrogens is 1. The summed E-state index contributed by atoms with van der Waals surface area (Å²) in [4.78, 5) is 15.1. The fourth-order valence-corrected chi connectivity index (χ4v) is 4.93. The van der Waals surface area contributed by atoms with Crippen molar-refractivity contribution >= 4 is 17.5 Å². The molecule has 35 heavy (non-hydrogen) atoms. The van der Waals surface area contributed by atoms with Crippen LogP contribution in [0.3, 0.4) is 0 Å². The zero-order valence-corrected chi connectivity index (χ0v) is 20.1. The Morgan fingerprint density at radius 1 is 1.17 bits per heavy atom. The molecule has 1 spiro atoms. The van der Waals surface area contributed by atoms with Crippen LogP contribution in [0.4, 0.5) is 0 Å². The topological polar surface area (TPSA) is 93.4 Å². The second-order valence-electron chi connectivity index (χ2n) is 8.78. The molecule has 2 aliphatic rings. The van der Waals surface area contributed by atoms with Crippen molar-refractivity contribution < 1.29 is 29.2 Å². The molecular weight excluding hydrogens is 472 g/mol. The number of halogens is 1. The van der Waals surface area contributed by atoms with E-state index in [4.69, 9.17) is 30.9 Å². The second-order valence-corrected chi connectivity index (χ2v) is 9.21. The summed E-state index contributed by atoms with van der Waals surface area (Å²) in [5.41, 5.74) is 1.99. The lowest BCUT2D eigenvalue weighted by molar-refractivity contribution is -0.00931. The average molecular weight is 499 g/mol. The molecule has 0 bridgehead atoms. The molecule has 2 aliphatic heterocycles. The van der Waals surface area contributed by atoms with Crippen LogP contribution in [0.1, 0.15) is 28.9 Å². The Labute approximate surface area is 208 Å². The minimum absolute atomic E-state index is 0.0789. The lowest BCUT2D eigenvalue weighted by Crippen LogP contribution is -2.50. The van der Waals surface area contributed by atoms with Crippen molar-refractivity contribution in [2.45, 2.75) is 24.5 Å². The van der Waals surface area contributed by atoms with Gasteiger partial charge in [-0.05, 0) is 42.5 Å². The van der Waals surface area contributed by atoms with Crippen molar-refractivity contribution in [2.24, 2.45) is 0 Å². The summed E-state index contributed by atoms with van der Waals surface area (Å²) in [5, 5.41) is 19.1. The monoisotopic (exact) mass is 498 g/mol. The van der Waals surface area contributed by atoms with Gasteiger partial charge in [0.25, 0.3) is 5.91 Å². The zero-order valence-electron chi connectivity index (χ0n) is 19.3. The molecule has 8 nitrogen and oxygen atoms in total. The third kappa shape index (κ3) is 4.33. The first-order valence-electron chi connectivity index (χ1n) is 11.5. The number of hydrogen-bond donors (Lipinski definition) is 2. The third-order valence-electron chi connectivity index (χ3n) is 6.61. The molecule has 3 aromatic rings. The molecule has 2 aromatic carbocycles. The highest BCUT2D eigenvalue weighted by Crippen LogP contribution is 2.46. The van der Waals surface area contributed by atoms with E-state index in [1.165, 1.54) is 7.11 Å². The Morgan fingerprint density at radius 2 is 1.97 bits per heavy atom. The number of rotatable bonds is 6. The number of likely N-dealkylation sites (tertiary alicyclic amines) is 1. The van der Waals surface area contributed by atoms with Crippen molar-refractivity contribution in [3.8, 4) is 22.9 Å². The van der Waals surface area contributed by atoms with Crippen molar-refractivity contribution in [1.29, 1.82) is 0 Å². The predicted molar refractivity (Wildman–Crippen MR) is 130 cm³/mol. The minimum Gasteiger partial charge on any atom is -0.493 e. The number of methoxy groups -OCH3 is 1. The van der Waals surface area contributed by atoms with Gasteiger partial charge in [-0.15, -0.1) is 0 Å². The van der Waals surface area contributed by atoms with Crippen LogP contribution in [0.15, 0.2) is 54.7 Å². The summed E-state index contributed by atoms with van der Waals surface area (Å²) < 4.78 is 19.6. The molecule has 1 amide bonds. The fourth-order valence-electron chi connectivity index (χ4n) is 4.76. The quantitative estimate of drug-likeness (QED) is 0.541. The van der Waals surface area contributed by atoms with Gasteiger partial charge >= 0.3 is 0 Å². The molecule has 2 N–H and O–H groups in total. The third-order valence-corrected chi connectivity index (χ3v) is 6.85. The summed E-state index contributed by atoms with van der Waals surface area (Å²) in [7, 11) is 1.49. The number of carbonyl (C=O) groups excluding carboxylic acids is 1. The Hall–Kier alpha value is -3.20. The number of hydrogen-bond acceptors (Lipinski definition) is 6. The molecule has 184 valence electrons. The molecule has 0 saturated carbocycles. The average Bonchev–Trinajstić information content (AvgIpc) is 3.38. The largest absolute Gasteiger partial charge is 0.493 e. The van der Waals surface area contributed by atoms with Gasteiger partial charge in [0.2, 0.25) is 0 Å². The Morgan fingerprint density at radius 3 is 2.71 bits per heavy atom. The highest BCUT2D eigenvalue weighted by atomic mass is 35.5. The summed E-state index contributed by atoms with van der Waals surface area (Å²) in [6, 6.07) is 14.7. The van der Waals surface area contributed by atoms with Crippen LogP contribution in [0.2, 0.25) is 5.02 Å². The molecule has 1 atom stereocenters. The maximum absolute atomic E-state index is 13.3. The Bertz CT molecular complexity index is 1230. The van der Waals surface area contributed by atoms with Crippen LogP contribution in [-0.4, -0.2) is 65.1 Å². The fraction of sp³-hybridized carbons (Fsp3) is 0.346. The number of benzene rings is 2. The van der Waals surface area contributed by atoms with E-state index in [-0.39, 0.29) is 12.5 Å². The molecule has 1 saturated heterocycles. The standard InChI is InChI=1S/C26H27ClN2O6/c1-33-23-13-17(4-7-21(23)34-16-19(31)15-30)25(32)28-11-8-26(9-12-28)24-3-2-10-29(24)20-6-5-18(27)14-22(20)35-26/h2-7,10,13-14,19,30-31H,8-9,11-12,15-16H2,1H3/t19-/m0/s1. The van der Waals surface area contributed by atoms with E-state index < -0.39 is 18.3 Å². The molecule has 0 radical (unpaired) electrons. The molecule has 3 heterocycles. The van der Waals surface area contributed by atoms with Crippen molar-refractivity contribution in [3.63, 3.8) is 0 Å². The number of carbonyl (C=O) groups is 1. The highest BCUT2D eigenvalue weighted by molar-refractivity contribution is 6.30. The SMILES string of the molecule is COc1cc(C(=O)N2CCC3(CC2)Oc2cc(Cl)ccc2-n2cccc23)ccc1OC[C@@H](O)CO. The molecule has 0 unspecified atom stereocenters. The van der Waals surface area contributed by atoms with Crippen LogP contribution >= 0.6 is 11.6 Å². The van der Waals surface area contributed by atoms with Crippen LogP contribution < -0.4 is 14.2 Å². The van der Waals surface area contributed by atoms with E-state index in [2.05, 4.69) is 10.6 Å². The first-order valence-corrected chi connectivity index (χ1v) is 11.9. The predicted octanol–water partition coefficient (Wildman–Crippen LogP) is 3.40. The highest BCUT2D eigenvalue weighted by Gasteiger charge is 2.44. The van der Waals surface area contributed by atoms with E-state index >= 15 is 0 Å². The van der Waals surface area contributed by atoms with Crippen LogP contribution in [0.25, 0.3) is 5.69 Å². The van der Waals surface area contributed by atoms with Gasteiger partial charge in [0.05, 0.1) is 25.1 Å². The maximum Gasteiger partial charge on any atom is 0.253 e. The van der Waals surface area contributed by atoms with E-state index in [1.807, 2.05) is 35.4 Å². The van der Waals surface area contributed by atoms with Gasteiger partial charge in [-0.25, -0.2) is 0 Å². The van der Waals surface area contributed by atoms with Gasteiger partial charge in [0.15, 0.2) is 17.1 Å². The normalized spacial score (nSPS) is 16.7. The van der Waals surface area contributed by atoms with Gasteiger partial charge in [0.1, 0.15) is 18.5 Å². The van der Waals surface area contributed by atoms with Gasteiger partial charge < -0.3 is 33.9 Å². The van der Waals surface area contributed by atoms with Gasteiger partial charge in [-0.3, -0.25) is 4.79 Å². The summed E-state index contributed by atoms with van der Waals surface area (Å²) >= 11 is 6.23. The molecule has 1 aromatic heterocycles.